The molecule has 1 aromatic heterocycles. The lowest BCUT2D eigenvalue weighted by Gasteiger charge is -2.17. The normalized spacial score (nSPS) is 14.2. The average molecular weight is 218 g/mol. The van der Waals surface area contributed by atoms with Gasteiger partial charge in [0.15, 0.2) is 6.79 Å². The van der Waals surface area contributed by atoms with Crippen molar-refractivity contribution in [1.82, 2.24) is 5.16 Å². The molecular weight excluding hydrogens is 208 g/mol. The van der Waals surface area contributed by atoms with Gasteiger partial charge < -0.3 is 19.7 Å². The van der Waals surface area contributed by atoms with E-state index in [2.05, 4.69) is 5.16 Å². The van der Waals surface area contributed by atoms with Gasteiger partial charge in [-0.3, -0.25) is 0 Å². The minimum Gasteiger partial charge on any atom is -0.467 e. The zero-order chi connectivity index (χ0) is 11.0. The summed E-state index contributed by atoms with van der Waals surface area (Å²) in [6, 6.07) is 7.49. The fourth-order valence-electron chi connectivity index (χ4n) is 1.65. The molecule has 2 heterocycles. The zero-order valence-electron chi connectivity index (χ0n) is 8.47. The van der Waals surface area contributed by atoms with Gasteiger partial charge in [0, 0.05) is 17.2 Å². The maximum atomic E-state index is 5.47. The highest BCUT2D eigenvalue weighted by Gasteiger charge is 2.13. The number of fused-ring (bicyclic) bond motifs is 1. The molecule has 1 aliphatic rings. The number of nitrogens with zero attached hydrogens (tertiary/aromatic N) is 1. The van der Waals surface area contributed by atoms with Crippen molar-refractivity contribution in [3.8, 4) is 17.0 Å². The maximum absolute atomic E-state index is 5.47. The van der Waals surface area contributed by atoms with Crippen LogP contribution in [-0.2, 0) is 11.3 Å². The first kappa shape index (κ1) is 9.23. The van der Waals surface area contributed by atoms with E-state index in [1.165, 1.54) is 0 Å². The van der Waals surface area contributed by atoms with Crippen molar-refractivity contribution in [3.05, 3.63) is 29.8 Å². The molecule has 0 aliphatic carbocycles. The standard InChI is InChI=1S/C11H10N2O3/c12-11-4-9(13-16-11)7-1-2-8-5-14-6-15-10(8)3-7/h1-4H,5-6,12H2. The molecule has 0 amide bonds. The molecule has 3 rings (SSSR count). The highest BCUT2D eigenvalue weighted by Crippen LogP contribution is 2.29. The quantitative estimate of drug-likeness (QED) is 0.790. The fraction of sp³-hybridized carbons (Fsp3) is 0.182. The van der Waals surface area contributed by atoms with Crippen LogP contribution in [0, 0.1) is 0 Å². The Bertz CT molecular complexity index is 522. The van der Waals surface area contributed by atoms with Crippen molar-refractivity contribution in [1.29, 1.82) is 0 Å². The molecule has 0 spiro atoms. The second-order valence-electron chi connectivity index (χ2n) is 3.55. The Morgan fingerprint density at radius 1 is 1.25 bits per heavy atom. The third kappa shape index (κ3) is 1.51. The lowest BCUT2D eigenvalue weighted by Crippen LogP contribution is -2.10. The second-order valence-corrected chi connectivity index (χ2v) is 3.55. The summed E-state index contributed by atoms with van der Waals surface area (Å²) < 4.78 is 15.4. The molecule has 0 bridgehead atoms. The van der Waals surface area contributed by atoms with E-state index in [1.807, 2.05) is 18.2 Å². The predicted octanol–water partition coefficient (Wildman–Crippen LogP) is 1.79. The van der Waals surface area contributed by atoms with E-state index < -0.39 is 0 Å². The van der Waals surface area contributed by atoms with Gasteiger partial charge in [0.2, 0.25) is 5.88 Å². The number of hydrogen-bond donors (Lipinski definition) is 1. The van der Waals surface area contributed by atoms with Crippen molar-refractivity contribution < 1.29 is 14.0 Å². The molecule has 82 valence electrons. The van der Waals surface area contributed by atoms with E-state index in [9.17, 15) is 0 Å². The largest absolute Gasteiger partial charge is 0.467 e. The van der Waals surface area contributed by atoms with Crippen LogP contribution in [0.25, 0.3) is 11.3 Å². The Balaban J connectivity index is 2.02. The van der Waals surface area contributed by atoms with Crippen LogP contribution < -0.4 is 10.5 Å². The van der Waals surface area contributed by atoms with E-state index in [0.29, 0.717) is 18.2 Å². The van der Waals surface area contributed by atoms with Crippen LogP contribution in [0.4, 0.5) is 5.88 Å². The Morgan fingerprint density at radius 3 is 3.00 bits per heavy atom. The molecule has 2 aromatic rings. The molecule has 5 heteroatoms. The summed E-state index contributed by atoms with van der Waals surface area (Å²) >= 11 is 0. The lowest BCUT2D eigenvalue weighted by molar-refractivity contribution is -0.0163. The number of anilines is 1. The molecule has 0 atom stereocenters. The van der Waals surface area contributed by atoms with Gasteiger partial charge in [-0.25, -0.2) is 0 Å². The number of benzene rings is 1. The van der Waals surface area contributed by atoms with Gasteiger partial charge in [-0.15, -0.1) is 0 Å². The molecule has 0 unspecified atom stereocenters. The van der Waals surface area contributed by atoms with Crippen LogP contribution >= 0.6 is 0 Å². The molecule has 0 saturated carbocycles. The van der Waals surface area contributed by atoms with Gasteiger partial charge in [0.1, 0.15) is 11.4 Å². The first-order chi connectivity index (χ1) is 7.83. The molecule has 0 radical (unpaired) electrons. The first-order valence-electron chi connectivity index (χ1n) is 4.89. The van der Waals surface area contributed by atoms with Crippen LogP contribution in [0.5, 0.6) is 5.75 Å². The van der Waals surface area contributed by atoms with Crippen LogP contribution in [0.15, 0.2) is 28.8 Å². The van der Waals surface area contributed by atoms with Gasteiger partial charge >= 0.3 is 0 Å². The summed E-state index contributed by atoms with van der Waals surface area (Å²) in [5.74, 6) is 1.13. The summed E-state index contributed by atoms with van der Waals surface area (Å²) in [6.07, 6.45) is 0. The Hall–Kier alpha value is -2.01. The number of ether oxygens (including phenoxy) is 2. The number of rotatable bonds is 1. The Kier molecular flexibility index (Phi) is 2.04. The predicted molar refractivity (Wildman–Crippen MR) is 56.6 cm³/mol. The van der Waals surface area contributed by atoms with Crippen molar-refractivity contribution in [2.45, 2.75) is 6.61 Å². The molecule has 1 aromatic carbocycles. The summed E-state index contributed by atoms with van der Waals surface area (Å²) in [7, 11) is 0. The van der Waals surface area contributed by atoms with Crippen molar-refractivity contribution in [2.75, 3.05) is 12.5 Å². The van der Waals surface area contributed by atoms with Gasteiger partial charge in [-0.05, 0) is 6.07 Å². The lowest BCUT2D eigenvalue weighted by atomic mass is 10.1. The van der Waals surface area contributed by atoms with Crippen molar-refractivity contribution in [3.63, 3.8) is 0 Å². The molecule has 2 N–H and O–H groups in total. The first-order valence-corrected chi connectivity index (χ1v) is 4.89. The minimum absolute atomic E-state index is 0.289. The van der Waals surface area contributed by atoms with Crippen molar-refractivity contribution >= 4 is 5.88 Å². The van der Waals surface area contributed by atoms with Gasteiger partial charge in [0.25, 0.3) is 0 Å². The highest BCUT2D eigenvalue weighted by atomic mass is 16.7. The van der Waals surface area contributed by atoms with Crippen molar-refractivity contribution in [2.24, 2.45) is 0 Å². The third-order valence-electron chi connectivity index (χ3n) is 2.45. The number of nitrogen functional groups attached to an aromatic ring is 1. The topological polar surface area (TPSA) is 70.5 Å². The average Bonchev–Trinajstić information content (AvgIpc) is 2.75. The van der Waals surface area contributed by atoms with Crippen LogP contribution in [0.2, 0.25) is 0 Å². The molecule has 1 aliphatic heterocycles. The van der Waals surface area contributed by atoms with E-state index in [1.54, 1.807) is 6.07 Å². The van der Waals surface area contributed by atoms with E-state index >= 15 is 0 Å². The third-order valence-corrected chi connectivity index (χ3v) is 2.45. The zero-order valence-corrected chi connectivity index (χ0v) is 8.47. The number of hydrogen-bond acceptors (Lipinski definition) is 5. The van der Waals surface area contributed by atoms with E-state index in [-0.39, 0.29) is 6.79 Å². The van der Waals surface area contributed by atoms with Crippen LogP contribution in [0.3, 0.4) is 0 Å². The van der Waals surface area contributed by atoms with Gasteiger partial charge in [-0.1, -0.05) is 17.3 Å². The number of aromatic nitrogens is 1. The number of nitrogens with two attached hydrogens (primary N) is 1. The second kappa shape index (κ2) is 3.53. The Labute approximate surface area is 91.7 Å². The molecule has 16 heavy (non-hydrogen) atoms. The minimum atomic E-state index is 0.289. The summed E-state index contributed by atoms with van der Waals surface area (Å²) in [4.78, 5) is 0. The molecular formula is C11H10N2O3. The monoisotopic (exact) mass is 218 g/mol. The summed E-state index contributed by atoms with van der Waals surface area (Å²) in [5, 5.41) is 3.85. The maximum Gasteiger partial charge on any atom is 0.222 e. The van der Waals surface area contributed by atoms with E-state index in [4.69, 9.17) is 19.7 Å². The Morgan fingerprint density at radius 2 is 2.19 bits per heavy atom. The SMILES string of the molecule is Nc1cc(-c2ccc3c(c2)OCOC3)no1. The summed E-state index contributed by atoms with van der Waals surface area (Å²) in [5.41, 5.74) is 8.13. The van der Waals surface area contributed by atoms with Crippen LogP contribution in [-0.4, -0.2) is 11.9 Å². The smallest absolute Gasteiger partial charge is 0.222 e. The molecule has 0 saturated heterocycles. The molecule has 5 nitrogen and oxygen atoms in total. The van der Waals surface area contributed by atoms with Gasteiger partial charge in [0.05, 0.1) is 6.61 Å². The van der Waals surface area contributed by atoms with Gasteiger partial charge in [-0.2, -0.15) is 0 Å². The van der Waals surface area contributed by atoms with Crippen LogP contribution in [0.1, 0.15) is 5.56 Å². The van der Waals surface area contributed by atoms with E-state index in [0.717, 1.165) is 16.9 Å². The fourth-order valence-corrected chi connectivity index (χ4v) is 1.65. The highest BCUT2D eigenvalue weighted by molar-refractivity contribution is 5.64. The molecule has 0 fully saturated rings. The summed E-state index contributed by atoms with van der Waals surface area (Å²) in [6.45, 7) is 0.869.